The van der Waals surface area contributed by atoms with Crippen LogP contribution in [0.3, 0.4) is 0 Å². The molecule has 79 heavy (non-hydrogen) atoms. The average molecular weight is 1110 g/mol. The lowest BCUT2D eigenvalue weighted by atomic mass is 9.89. The van der Waals surface area contributed by atoms with Gasteiger partial charge in [0.15, 0.2) is 0 Å². The standard InChI is InChI=1S/C34H54N4O8.C14H24N2O2.C6H9NO2.C5H10O/c1-9-22(4)30(37(6)33(42)29(21(2)3)35-20-39)27(45-7)19-28(40)38-17-13-16-26(38)31(46-8)23(5)32(41)36-25(34(43)44)18-24-14-11-10-12-15-24;1-11-12-6-7-13(9-12)16(11)14(18)5-3-2-4-8-15-10-17;1-5-3-4-6(8)7(5)9-2;1-2-3-4-5-6/h10-12,14-15,20-23,25-27,29-31H,9,13,16-19H2,1-8H3,(H,35,39)(H,36,41)(H,43,44);10-13H,2-9H2,1H3,(H,15,17);1,3-4H2,2H3;5H,2-4H2,1H3/t22?,23?,25-,26?,27?,29-,30?,31?;;;/m0.../s1. The Morgan fingerprint density at radius 1 is 0.899 bits per heavy atom. The van der Waals surface area contributed by atoms with Gasteiger partial charge >= 0.3 is 5.97 Å². The normalized spacial score (nSPS) is 20.8. The molecule has 1 aromatic rings. The summed E-state index contributed by atoms with van der Waals surface area (Å²) in [7, 11) is 6.16. The number of ether oxygens (including phenoxy) is 2. The number of nitrogens with zero attached hydrogens (tertiary/aromatic N) is 4. The lowest BCUT2D eigenvalue weighted by Gasteiger charge is -2.40. The Bertz CT molecular complexity index is 2040. The molecule has 1 saturated carbocycles. The maximum atomic E-state index is 13.9. The largest absolute Gasteiger partial charge is 0.480 e. The maximum Gasteiger partial charge on any atom is 0.326 e. The van der Waals surface area contributed by atoms with Crippen molar-refractivity contribution in [3.8, 4) is 0 Å². The van der Waals surface area contributed by atoms with Crippen LogP contribution in [0.2, 0.25) is 0 Å². The third-order valence-electron chi connectivity index (χ3n) is 15.9. The van der Waals surface area contributed by atoms with Crippen molar-refractivity contribution in [2.45, 2.75) is 206 Å². The molecule has 20 heteroatoms. The molecule has 0 radical (unpaired) electrons. The SMILES string of the molecule is C=C1CCC(=O)N1OC.CC1C2CCC(C2)N1C(=O)CCCCCNC=O.CCC(C)C(C(CC(=O)N1CCCC1C(OC)C(C)C(=O)N[C@@H](Cc1ccccc1)C(=O)O)OC)N(C)C(=O)[C@@H](NC=O)C(C)C.CCCCC=O. The molecule has 0 spiro atoms. The van der Waals surface area contributed by atoms with E-state index in [1.807, 2.05) is 58.0 Å². The minimum absolute atomic E-state index is 0.00224. The predicted molar refractivity (Wildman–Crippen MR) is 301 cm³/mol. The van der Waals surface area contributed by atoms with Crippen molar-refractivity contribution in [3.63, 3.8) is 0 Å². The summed E-state index contributed by atoms with van der Waals surface area (Å²) in [5.41, 5.74) is 1.54. The van der Waals surface area contributed by atoms with Crippen molar-refractivity contribution in [2.75, 3.05) is 41.5 Å². The number of carboxylic acid groups (broad SMARTS) is 1. The van der Waals surface area contributed by atoms with Crippen molar-refractivity contribution in [1.82, 2.24) is 35.7 Å². The van der Waals surface area contributed by atoms with Gasteiger partial charge in [-0.3, -0.25) is 38.4 Å². The minimum atomic E-state index is -1.14. The van der Waals surface area contributed by atoms with Crippen LogP contribution in [0, 0.1) is 23.7 Å². The van der Waals surface area contributed by atoms with Crippen molar-refractivity contribution >= 4 is 54.6 Å². The smallest absolute Gasteiger partial charge is 0.326 e. The number of carbonyl (C=O) groups excluding carboxylic acids is 8. The molecule has 11 atom stereocenters. The number of likely N-dealkylation sites (tertiary alicyclic amines) is 2. The number of aldehydes is 1. The third-order valence-corrected chi connectivity index (χ3v) is 15.9. The Hall–Kier alpha value is -5.73. The van der Waals surface area contributed by atoms with Crippen LogP contribution < -0.4 is 16.0 Å². The number of hydroxylamine groups is 2. The molecule has 0 aromatic heterocycles. The first-order chi connectivity index (χ1) is 37.7. The van der Waals surface area contributed by atoms with Crippen molar-refractivity contribution in [3.05, 3.63) is 48.2 Å². The van der Waals surface area contributed by atoms with E-state index < -0.39 is 54.2 Å². The van der Waals surface area contributed by atoms with Gasteiger partial charge in [0.25, 0.3) is 5.91 Å². The zero-order valence-corrected chi connectivity index (χ0v) is 49.3. The van der Waals surface area contributed by atoms with Gasteiger partial charge in [-0.25, -0.2) is 4.79 Å². The van der Waals surface area contributed by atoms with E-state index in [0.717, 1.165) is 87.8 Å². The molecule has 446 valence electrons. The van der Waals surface area contributed by atoms with E-state index in [4.69, 9.17) is 14.3 Å². The predicted octanol–water partition coefficient (Wildman–Crippen LogP) is 6.24. The van der Waals surface area contributed by atoms with Crippen LogP contribution in [0.5, 0.6) is 0 Å². The van der Waals surface area contributed by atoms with Crippen LogP contribution in [0.25, 0.3) is 0 Å². The lowest BCUT2D eigenvalue weighted by molar-refractivity contribution is -0.159. The number of hydrogen-bond donors (Lipinski definition) is 4. The number of unbranched alkanes of at least 4 members (excludes halogenated alkanes) is 4. The zero-order valence-electron chi connectivity index (χ0n) is 49.3. The molecule has 9 unspecified atom stereocenters. The molecule has 3 saturated heterocycles. The van der Waals surface area contributed by atoms with E-state index in [-0.39, 0.29) is 42.4 Å². The second-order valence-corrected chi connectivity index (χ2v) is 21.6. The fraction of sp³-hybridized carbons (Fsp3) is 0.712. The number of aliphatic carboxylic acids is 1. The molecule has 3 aliphatic heterocycles. The van der Waals surface area contributed by atoms with Crippen LogP contribution in [-0.4, -0.2) is 169 Å². The monoisotopic (exact) mass is 1110 g/mol. The molecule has 20 nitrogen and oxygen atoms in total. The van der Waals surface area contributed by atoms with E-state index in [1.165, 1.54) is 45.7 Å². The summed E-state index contributed by atoms with van der Waals surface area (Å²) in [5.74, 6) is -1.83. The van der Waals surface area contributed by atoms with Gasteiger partial charge in [-0.2, -0.15) is 5.06 Å². The quantitative estimate of drug-likeness (QED) is 0.0493. The van der Waals surface area contributed by atoms with Gasteiger partial charge in [0.1, 0.15) is 18.4 Å². The Kier molecular flexibility index (Phi) is 32.7. The summed E-state index contributed by atoms with van der Waals surface area (Å²) in [6, 6.07) is 7.40. The second kappa shape index (κ2) is 37.3. The highest BCUT2D eigenvalue weighted by Crippen LogP contribution is 2.42. The van der Waals surface area contributed by atoms with E-state index >= 15 is 0 Å². The average Bonchev–Trinajstić information content (AvgIpc) is 4.29. The highest BCUT2D eigenvalue weighted by molar-refractivity contribution is 5.86. The number of benzene rings is 1. The van der Waals surface area contributed by atoms with Crippen LogP contribution in [0.1, 0.15) is 157 Å². The number of carboxylic acids is 1. The first-order valence-corrected chi connectivity index (χ1v) is 28.6. The van der Waals surface area contributed by atoms with Crippen LogP contribution in [0.4, 0.5) is 0 Å². The molecular weight excluding hydrogens is 1010 g/mol. The molecule has 4 N–H and O–H groups in total. The number of rotatable bonds is 30. The first kappa shape index (κ1) is 69.4. The number of piperidine rings is 1. The maximum absolute atomic E-state index is 13.9. The number of methoxy groups -OCH3 is 2. The first-order valence-electron chi connectivity index (χ1n) is 28.6. The number of amides is 7. The van der Waals surface area contributed by atoms with Gasteiger partial charge in [-0.15, -0.1) is 0 Å². The van der Waals surface area contributed by atoms with Gasteiger partial charge in [-0.05, 0) is 88.0 Å². The fourth-order valence-electron chi connectivity index (χ4n) is 11.2. The highest BCUT2D eigenvalue weighted by atomic mass is 16.7. The van der Waals surface area contributed by atoms with Gasteiger partial charge in [-0.1, -0.05) is 97.7 Å². The Labute approximate surface area is 470 Å². The van der Waals surface area contributed by atoms with Crippen molar-refractivity contribution in [1.29, 1.82) is 0 Å². The van der Waals surface area contributed by atoms with E-state index in [1.54, 1.807) is 23.8 Å². The van der Waals surface area contributed by atoms with Gasteiger partial charge in [0.05, 0.1) is 43.7 Å². The summed E-state index contributed by atoms with van der Waals surface area (Å²) in [4.78, 5) is 117. The third kappa shape index (κ3) is 21.7. The van der Waals surface area contributed by atoms with Crippen molar-refractivity contribution in [2.24, 2.45) is 23.7 Å². The highest BCUT2D eigenvalue weighted by Gasteiger charge is 2.46. The molecule has 4 aliphatic rings. The summed E-state index contributed by atoms with van der Waals surface area (Å²) in [6.45, 7) is 18.5. The molecule has 5 rings (SSSR count). The topological polar surface area (TPSA) is 251 Å². The number of fused-ring (bicyclic) bond motifs is 2. The molecule has 1 aromatic carbocycles. The Morgan fingerprint density at radius 3 is 2.09 bits per heavy atom. The van der Waals surface area contributed by atoms with E-state index in [0.29, 0.717) is 56.6 Å². The van der Waals surface area contributed by atoms with Gasteiger partial charge in [0.2, 0.25) is 36.4 Å². The summed E-state index contributed by atoms with van der Waals surface area (Å²) in [5, 5.41) is 19.0. The second-order valence-electron chi connectivity index (χ2n) is 21.6. The number of nitrogens with one attached hydrogen (secondary N) is 3. The number of carbonyl (C=O) groups is 9. The Balaban J connectivity index is 0.000000515. The van der Waals surface area contributed by atoms with E-state index in [2.05, 4.69) is 41.3 Å². The zero-order chi connectivity index (χ0) is 59.2. The summed E-state index contributed by atoms with van der Waals surface area (Å²) >= 11 is 0. The molecule has 2 bridgehead atoms. The molecule has 1 aliphatic carbocycles. The molecule has 3 heterocycles. The Morgan fingerprint density at radius 2 is 1.59 bits per heavy atom. The molecular formula is C59H97N7O13. The van der Waals surface area contributed by atoms with Crippen molar-refractivity contribution < 1.29 is 62.6 Å². The molecule has 7 amide bonds. The van der Waals surface area contributed by atoms with Gasteiger partial charge in [0, 0.05) is 77.8 Å². The van der Waals surface area contributed by atoms with Crippen LogP contribution in [0.15, 0.2) is 42.6 Å². The fourth-order valence-corrected chi connectivity index (χ4v) is 11.2. The number of allylic oxidation sites excluding steroid dienone is 1. The van der Waals surface area contributed by atoms with E-state index in [9.17, 15) is 48.3 Å². The van der Waals surface area contributed by atoms with Gasteiger partial charge < -0.3 is 50.0 Å². The van der Waals surface area contributed by atoms with Crippen LogP contribution in [-0.2, 0) is 63.9 Å². The summed E-state index contributed by atoms with van der Waals surface area (Å²) < 4.78 is 11.7. The summed E-state index contributed by atoms with van der Waals surface area (Å²) in [6.07, 6.45) is 14.6. The lowest BCUT2D eigenvalue weighted by Crippen LogP contribution is -2.57. The van der Waals surface area contributed by atoms with Crippen LogP contribution >= 0.6 is 0 Å². The number of hydrogen-bond acceptors (Lipinski definition) is 12. The minimum Gasteiger partial charge on any atom is -0.480 e. The molecule has 4 fully saturated rings. The number of likely N-dealkylation sites (N-methyl/N-ethyl adjacent to an activating group) is 1.